The Labute approximate surface area is 126 Å². The fraction of sp³-hybridized carbons (Fsp3) is 0.462. The molecule has 0 atom stereocenters. The highest BCUT2D eigenvalue weighted by Gasteiger charge is 2.16. The van der Waals surface area contributed by atoms with Crippen LogP contribution in [0.4, 0.5) is 5.82 Å². The van der Waals surface area contributed by atoms with Crippen molar-refractivity contribution in [3.63, 3.8) is 0 Å². The van der Waals surface area contributed by atoms with E-state index in [1.165, 1.54) is 0 Å². The van der Waals surface area contributed by atoms with Gasteiger partial charge in [0.25, 0.3) is 0 Å². The number of anilines is 1. The Morgan fingerprint density at radius 3 is 2.74 bits per heavy atom. The number of aromatic amines is 1. The van der Waals surface area contributed by atoms with Gasteiger partial charge in [-0.05, 0) is 34.9 Å². The van der Waals surface area contributed by atoms with Gasteiger partial charge < -0.3 is 10.3 Å². The molecular formula is C13H18IN5. The average Bonchev–Trinajstić information content (AvgIpc) is 2.91. The summed E-state index contributed by atoms with van der Waals surface area (Å²) >= 11 is 2.31. The monoisotopic (exact) mass is 371 g/mol. The largest absolute Gasteiger partial charge is 0.369 e. The molecule has 0 fully saturated rings. The predicted molar refractivity (Wildman–Crippen MR) is 85.2 cm³/mol. The Hall–Kier alpha value is -1.18. The minimum Gasteiger partial charge on any atom is -0.369 e. The van der Waals surface area contributed by atoms with Gasteiger partial charge in [-0.3, -0.25) is 0 Å². The van der Waals surface area contributed by atoms with Crippen molar-refractivity contribution in [2.45, 2.75) is 33.1 Å². The number of nitrogens with zero attached hydrogens (tertiary/aromatic N) is 3. The van der Waals surface area contributed by atoms with Crippen molar-refractivity contribution >= 4 is 28.4 Å². The third-order valence-electron chi connectivity index (χ3n) is 2.68. The number of aromatic nitrogens is 4. The maximum Gasteiger partial charge on any atom is 0.197 e. The molecule has 0 aliphatic carbocycles. The fourth-order valence-electron chi connectivity index (χ4n) is 1.70. The van der Waals surface area contributed by atoms with E-state index in [0.29, 0.717) is 17.6 Å². The zero-order chi connectivity index (χ0) is 13.8. The van der Waals surface area contributed by atoms with Gasteiger partial charge in [0.05, 0.1) is 9.26 Å². The van der Waals surface area contributed by atoms with Crippen LogP contribution < -0.4 is 5.32 Å². The number of imidazole rings is 1. The van der Waals surface area contributed by atoms with Crippen LogP contribution in [-0.4, -0.2) is 26.5 Å². The summed E-state index contributed by atoms with van der Waals surface area (Å²) < 4.78 is 1.09. The molecule has 2 aromatic rings. The van der Waals surface area contributed by atoms with Crippen molar-refractivity contribution in [3.8, 4) is 11.6 Å². The van der Waals surface area contributed by atoms with Gasteiger partial charge in [-0.2, -0.15) is 0 Å². The van der Waals surface area contributed by atoms with E-state index < -0.39 is 0 Å². The number of nitrogens with one attached hydrogen (secondary N) is 2. The fourth-order valence-corrected chi connectivity index (χ4v) is 2.76. The van der Waals surface area contributed by atoms with E-state index in [-0.39, 0.29) is 0 Å². The molecule has 0 amide bonds. The second-order valence-corrected chi connectivity index (χ2v) is 5.69. The molecule has 2 rings (SSSR count). The highest BCUT2D eigenvalue weighted by Crippen LogP contribution is 2.27. The van der Waals surface area contributed by atoms with E-state index >= 15 is 0 Å². The van der Waals surface area contributed by atoms with Crippen LogP contribution in [0.3, 0.4) is 0 Å². The van der Waals surface area contributed by atoms with Gasteiger partial charge in [-0.1, -0.05) is 20.8 Å². The molecule has 0 saturated heterocycles. The van der Waals surface area contributed by atoms with Gasteiger partial charge in [0.15, 0.2) is 11.6 Å². The van der Waals surface area contributed by atoms with Gasteiger partial charge in [0, 0.05) is 18.9 Å². The van der Waals surface area contributed by atoms with Crippen LogP contribution in [0.15, 0.2) is 12.4 Å². The second kappa shape index (κ2) is 6.31. The quantitative estimate of drug-likeness (QED) is 0.791. The van der Waals surface area contributed by atoms with Gasteiger partial charge in [-0.15, -0.1) is 0 Å². The molecule has 19 heavy (non-hydrogen) atoms. The van der Waals surface area contributed by atoms with Crippen molar-refractivity contribution in [2.75, 3.05) is 11.9 Å². The van der Waals surface area contributed by atoms with Crippen LogP contribution in [0.1, 0.15) is 38.8 Å². The summed E-state index contributed by atoms with van der Waals surface area (Å²) in [6.07, 6.45) is 4.56. The van der Waals surface area contributed by atoms with Crippen LogP contribution in [0.25, 0.3) is 11.6 Å². The summed E-state index contributed by atoms with van der Waals surface area (Å²) in [6, 6.07) is 0. The van der Waals surface area contributed by atoms with E-state index in [1.54, 1.807) is 12.4 Å². The zero-order valence-corrected chi connectivity index (χ0v) is 13.5. The van der Waals surface area contributed by atoms with E-state index in [0.717, 1.165) is 28.0 Å². The maximum absolute atomic E-state index is 4.63. The topological polar surface area (TPSA) is 66.5 Å². The molecule has 2 aromatic heterocycles. The number of H-pyrrole nitrogens is 1. The number of hydrogen-bond acceptors (Lipinski definition) is 4. The molecular weight excluding hydrogens is 353 g/mol. The lowest BCUT2D eigenvalue weighted by Crippen LogP contribution is -2.10. The Balaban J connectivity index is 2.47. The first-order chi connectivity index (χ1) is 9.13. The van der Waals surface area contributed by atoms with E-state index in [1.807, 2.05) is 0 Å². The molecule has 6 heteroatoms. The summed E-state index contributed by atoms with van der Waals surface area (Å²) in [7, 11) is 0. The van der Waals surface area contributed by atoms with Crippen LogP contribution >= 0.6 is 22.6 Å². The molecule has 2 N–H and O–H groups in total. The van der Waals surface area contributed by atoms with Gasteiger partial charge in [-0.25, -0.2) is 15.0 Å². The van der Waals surface area contributed by atoms with Crippen molar-refractivity contribution in [3.05, 3.63) is 21.7 Å². The molecule has 102 valence electrons. The molecule has 0 aliphatic rings. The maximum atomic E-state index is 4.63. The molecule has 0 saturated carbocycles. The molecule has 5 nitrogen and oxygen atoms in total. The van der Waals surface area contributed by atoms with E-state index in [2.05, 4.69) is 68.6 Å². The van der Waals surface area contributed by atoms with E-state index in [9.17, 15) is 0 Å². The molecule has 0 spiro atoms. The predicted octanol–water partition coefficient (Wildman–Crippen LogP) is 3.42. The number of rotatable bonds is 5. The lowest BCUT2D eigenvalue weighted by atomic mass is 10.1. The molecule has 0 unspecified atom stereocenters. The highest BCUT2D eigenvalue weighted by atomic mass is 127. The first-order valence-corrected chi connectivity index (χ1v) is 7.52. The van der Waals surface area contributed by atoms with Gasteiger partial charge in [0.1, 0.15) is 5.82 Å². The molecule has 2 heterocycles. The molecule has 0 radical (unpaired) electrons. The van der Waals surface area contributed by atoms with Crippen molar-refractivity contribution < 1.29 is 0 Å². The third kappa shape index (κ3) is 3.23. The summed E-state index contributed by atoms with van der Waals surface area (Å²) in [4.78, 5) is 16.5. The summed E-state index contributed by atoms with van der Waals surface area (Å²) in [5, 5.41) is 3.36. The Kier molecular flexibility index (Phi) is 4.73. The van der Waals surface area contributed by atoms with Crippen LogP contribution in [-0.2, 0) is 0 Å². The number of hydrogen-bond donors (Lipinski definition) is 2. The van der Waals surface area contributed by atoms with Crippen molar-refractivity contribution in [1.82, 2.24) is 19.9 Å². The highest BCUT2D eigenvalue weighted by molar-refractivity contribution is 14.1. The SMILES string of the molecule is CCCNc1nc(-c2ncc[nH]2)nc(C(C)C)c1I. The smallest absolute Gasteiger partial charge is 0.197 e. The van der Waals surface area contributed by atoms with Gasteiger partial charge in [0.2, 0.25) is 0 Å². The first kappa shape index (κ1) is 14.2. The second-order valence-electron chi connectivity index (χ2n) is 4.61. The van der Waals surface area contributed by atoms with Crippen LogP contribution in [0.5, 0.6) is 0 Å². The van der Waals surface area contributed by atoms with Crippen LogP contribution in [0, 0.1) is 3.57 Å². The minimum atomic E-state index is 0.353. The standard InChI is InChI=1S/C13H18IN5/c1-4-5-15-11-9(14)10(8(2)3)18-13(19-11)12-16-6-7-17-12/h6-8H,4-5H2,1-3H3,(H,16,17)(H,15,18,19). The summed E-state index contributed by atoms with van der Waals surface area (Å²) in [6.45, 7) is 7.32. The molecule has 0 aliphatic heterocycles. The Morgan fingerprint density at radius 2 is 2.16 bits per heavy atom. The van der Waals surface area contributed by atoms with Crippen LogP contribution in [0.2, 0.25) is 0 Å². The minimum absolute atomic E-state index is 0.353. The third-order valence-corrected chi connectivity index (χ3v) is 3.74. The Bertz CT molecular complexity index is 536. The lowest BCUT2D eigenvalue weighted by Gasteiger charge is -2.14. The zero-order valence-electron chi connectivity index (χ0n) is 11.4. The average molecular weight is 371 g/mol. The Morgan fingerprint density at radius 1 is 1.37 bits per heavy atom. The normalized spacial score (nSPS) is 11.0. The van der Waals surface area contributed by atoms with Gasteiger partial charge >= 0.3 is 0 Å². The summed E-state index contributed by atoms with van der Waals surface area (Å²) in [5.41, 5.74) is 1.06. The molecule has 0 bridgehead atoms. The van der Waals surface area contributed by atoms with Crippen molar-refractivity contribution in [2.24, 2.45) is 0 Å². The van der Waals surface area contributed by atoms with E-state index in [4.69, 9.17) is 0 Å². The first-order valence-electron chi connectivity index (χ1n) is 6.44. The molecule has 0 aromatic carbocycles. The summed E-state index contributed by atoms with van der Waals surface area (Å²) in [5.74, 6) is 2.60. The lowest BCUT2D eigenvalue weighted by molar-refractivity contribution is 0.805. The van der Waals surface area contributed by atoms with Crippen molar-refractivity contribution in [1.29, 1.82) is 0 Å². The number of halogens is 1.